The molecule has 0 aliphatic rings. The van der Waals surface area contributed by atoms with Gasteiger partial charge in [-0.3, -0.25) is 9.59 Å². The zero-order valence-corrected chi connectivity index (χ0v) is 10.7. The highest BCUT2D eigenvalue weighted by Gasteiger charge is 2.18. The van der Waals surface area contributed by atoms with Gasteiger partial charge in [0.25, 0.3) is 5.91 Å². The molecule has 3 N–H and O–H groups in total. The van der Waals surface area contributed by atoms with E-state index >= 15 is 0 Å². The van der Waals surface area contributed by atoms with Crippen LogP contribution in [0, 0.1) is 0 Å². The highest BCUT2D eigenvalue weighted by molar-refractivity contribution is 6.00. The molecule has 2 aromatic rings. The summed E-state index contributed by atoms with van der Waals surface area (Å²) in [6.07, 6.45) is 1.81. The Kier molecular flexibility index (Phi) is 3.85. The zero-order valence-electron chi connectivity index (χ0n) is 10.7. The number of para-hydroxylation sites is 1. The van der Waals surface area contributed by atoms with E-state index in [4.69, 9.17) is 10.2 Å². The molecule has 0 spiro atoms. The number of carbonyl (C=O) groups is 1. The summed E-state index contributed by atoms with van der Waals surface area (Å²) in [6.45, 7) is 2.53. The van der Waals surface area contributed by atoms with E-state index < -0.39 is 11.3 Å². The molecule has 0 unspecified atom stereocenters. The lowest BCUT2D eigenvalue weighted by atomic mass is 10.1. The van der Waals surface area contributed by atoms with Crippen molar-refractivity contribution < 1.29 is 9.21 Å². The number of hydrogen-bond acceptors (Lipinski definition) is 4. The minimum Gasteiger partial charge on any atom is -0.440 e. The molecule has 0 radical (unpaired) electrons. The summed E-state index contributed by atoms with van der Waals surface area (Å²) in [4.78, 5) is 24.2. The van der Waals surface area contributed by atoms with Crippen LogP contribution in [0.3, 0.4) is 0 Å². The predicted octanol–water partition coefficient (Wildman–Crippen LogP) is 1.91. The minimum absolute atomic E-state index is 0.116. The van der Waals surface area contributed by atoms with Gasteiger partial charge in [0.1, 0.15) is 11.1 Å². The summed E-state index contributed by atoms with van der Waals surface area (Å²) in [5.74, 6) is -0.622. The summed E-state index contributed by atoms with van der Waals surface area (Å²) in [5, 5.41) is 3.03. The standard InChI is InChI=1S/C14H16N2O3/c1-2-3-8-16-14(18)11-12(17)9-6-4-5-7-10(9)19-13(11)15/h4-7H,2-3,8,15H2,1H3,(H,16,18). The SMILES string of the molecule is CCCCNC(=O)c1c(N)oc2ccccc2c1=O. The van der Waals surface area contributed by atoms with Crippen LogP contribution in [0.25, 0.3) is 11.0 Å². The van der Waals surface area contributed by atoms with Crippen LogP contribution in [0.5, 0.6) is 0 Å². The van der Waals surface area contributed by atoms with Gasteiger partial charge in [-0.1, -0.05) is 25.5 Å². The van der Waals surface area contributed by atoms with Gasteiger partial charge >= 0.3 is 0 Å². The van der Waals surface area contributed by atoms with Gasteiger partial charge in [0.2, 0.25) is 11.3 Å². The molecule has 0 saturated carbocycles. The Labute approximate surface area is 110 Å². The molecule has 1 aromatic carbocycles. The van der Waals surface area contributed by atoms with Crippen LogP contribution in [0.1, 0.15) is 30.1 Å². The largest absolute Gasteiger partial charge is 0.440 e. The second kappa shape index (κ2) is 5.56. The third-order valence-electron chi connectivity index (χ3n) is 2.87. The average molecular weight is 260 g/mol. The molecule has 0 aliphatic heterocycles. The number of unbranched alkanes of at least 4 members (excludes halogenated alkanes) is 1. The van der Waals surface area contributed by atoms with Gasteiger partial charge in [0.15, 0.2) is 0 Å². The molecule has 0 fully saturated rings. The van der Waals surface area contributed by atoms with Crippen LogP contribution in [-0.2, 0) is 0 Å². The maximum atomic E-state index is 12.2. The smallest absolute Gasteiger partial charge is 0.260 e. The molecule has 5 nitrogen and oxygen atoms in total. The molecular weight excluding hydrogens is 244 g/mol. The fourth-order valence-electron chi connectivity index (χ4n) is 1.84. The highest BCUT2D eigenvalue weighted by Crippen LogP contribution is 2.16. The second-order valence-corrected chi connectivity index (χ2v) is 4.28. The minimum atomic E-state index is -0.481. The molecular formula is C14H16N2O3. The molecule has 5 heteroatoms. The Balaban J connectivity index is 2.43. The van der Waals surface area contributed by atoms with Gasteiger partial charge in [0, 0.05) is 6.54 Å². The van der Waals surface area contributed by atoms with E-state index in [9.17, 15) is 9.59 Å². The van der Waals surface area contributed by atoms with E-state index in [0.717, 1.165) is 12.8 Å². The monoisotopic (exact) mass is 260 g/mol. The summed E-state index contributed by atoms with van der Waals surface area (Å²) in [7, 11) is 0. The topological polar surface area (TPSA) is 85.3 Å². The maximum Gasteiger partial charge on any atom is 0.260 e. The third kappa shape index (κ3) is 2.59. The van der Waals surface area contributed by atoms with Crippen molar-refractivity contribution in [3.05, 3.63) is 40.1 Å². The van der Waals surface area contributed by atoms with E-state index in [1.165, 1.54) is 0 Å². The number of fused-ring (bicyclic) bond motifs is 1. The molecule has 1 amide bonds. The molecule has 0 atom stereocenters. The van der Waals surface area contributed by atoms with Crippen LogP contribution in [0.4, 0.5) is 5.88 Å². The van der Waals surface area contributed by atoms with Crippen molar-refractivity contribution in [3.8, 4) is 0 Å². The second-order valence-electron chi connectivity index (χ2n) is 4.28. The number of rotatable bonds is 4. The third-order valence-corrected chi connectivity index (χ3v) is 2.87. The normalized spacial score (nSPS) is 10.6. The first-order valence-electron chi connectivity index (χ1n) is 6.24. The molecule has 1 heterocycles. The molecule has 2 rings (SSSR count). The Morgan fingerprint density at radius 2 is 2.11 bits per heavy atom. The van der Waals surface area contributed by atoms with E-state index in [2.05, 4.69) is 5.32 Å². The summed E-state index contributed by atoms with van der Waals surface area (Å²) in [6, 6.07) is 6.72. The van der Waals surface area contributed by atoms with Crippen molar-refractivity contribution in [1.82, 2.24) is 5.32 Å². The Morgan fingerprint density at radius 1 is 1.37 bits per heavy atom. The predicted molar refractivity (Wildman–Crippen MR) is 74.1 cm³/mol. The van der Waals surface area contributed by atoms with Crippen molar-refractivity contribution in [3.63, 3.8) is 0 Å². The van der Waals surface area contributed by atoms with Gasteiger partial charge in [0.05, 0.1) is 5.39 Å². The molecule has 0 bridgehead atoms. The van der Waals surface area contributed by atoms with Crippen molar-refractivity contribution in [2.75, 3.05) is 12.3 Å². The number of anilines is 1. The lowest BCUT2D eigenvalue weighted by Gasteiger charge is -2.07. The van der Waals surface area contributed by atoms with Crippen molar-refractivity contribution in [1.29, 1.82) is 0 Å². The number of nitrogens with two attached hydrogens (primary N) is 1. The first kappa shape index (κ1) is 13.1. The van der Waals surface area contributed by atoms with Crippen LogP contribution >= 0.6 is 0 Å². The van der Waals surface area contributed by atoms with Crippen molar-refractivity contribution in [2.24, 2.45) is 0 Å². The Hall–Kier alpha value is -2.30. The Bertz CT molecular complexity index is 661. The lowest BCUT2D eigenvalue weighted by molar-refractivity contribution is 0.0951. The number of nitrogen functional groups attached to an aromatic ring is 1. The molecule has 100 valence electrons. The van der Waals surface area contributed by atoms with Gasteiger partial charge in [-0.2, -0.15) is 0 Å². The van der Waals surface area contributed by atoms with E-state index in [-0.39, 0.29) is 11.4 Å². The average Bonchev–Trinajstić information content (AvgIpc) is 2.39. The molecule has 0 saturated heterocycles. The van der Waals surface area contributed by atoms with Crippen molar-refractivity contribution in [2.45, 2.75) is 19.8 Å². The number of nitrogens with one attached hydrogen (secondary N) is 1. The van der Waals surface area contributed by atoms with E-state index in [1.807, 2.05) is 6.92 Å². The number of amides is 1. The molecule has 19 heavy (non-hydrogen) atoms. The maximum absolute atomic E-state index is 12.2. The van der Waals surface area contributed by atoms with Crippen LogP contribution in [0.15, 0.2) is 33.5 Å². The summed E-state index contributed by atoms with van der Waals surface area (Å²) < 4.78 is 5.32. The van der Waals surface area contributed by atoms with Crippen molar-refractivity contribution >= 4 is 22.8 Å². The summed E-state index contributed by atoms with van der Waals surface area (Å²) >= 11 is 0. The molecule has 1 aromatic heterocycles. The quantitative estimate of drug-likeness (QED) is 0.822. The van der Waals surface area contributed by atoms with Crippen LogP contribution in [0.2, 0.25) is 0 Å². The number of hydrogen-bond donors (Lipinski definition) is 2. The Morgan fingerprint density at radius 3 is 2.84 bits per heavy atom. The van der Waals surface area contributed by atoms with Gasteiger partial charge in [-0.25, -0.2) is 0 Å². The fourth-order valence-corrected chi connectivity index (χ4v) is 1.84. The van der Waals surface area contributed by atoms with Gasteiger partial charge in [-0.05, 0) is 18.6 Å². The molecule has 0 aliphatic carbocycles. The highest BCUT2D eigenvalue weighted by atomic mass is 16.3. The lowest BCUT2D eigenvalue weighted by Crippen LogP contribution is -2.30. The fraction of sp³-hybridized carbons (Fsp3) is 0.286. The van der Waals surface area contributed by atoms with E-state index in [0.29, 0.717) is 17.5 Å². The van der Waals surface area contributed by atoms with Gasteiger partial charge in [-0.15, -0.1) is 0 Å². The van der Waals surface area contributed by atoms with Crippen LogP contribution < -0.4 is 16.5 Å². The van der Waals surface area contributed by atoms with E-state index in [1.54, 1.807) is 24.3 Å². The first-order chi connectivity index (χ1) is 9.15. The van der Waals surface area contributed by atoms with Crippen LogP contribution in [-0.4, -0.2) is 12.5 Å². The number of benzene rings is 1. The zero-order chi connectivity index (χ0) is 13.8. The number of carbonyl (C=O) groups excluding carboxylic acids is 1. The summed E-state index contributed by atoms with van der Waals surface area (Å²) in [5.41, 5.74) is 5.54. The van der Waals surface area contributed by atoms with Gasteiger partial charge < -0.3 is 15.5 Å². The first-order valence-corrected chi connectivity index (χ1v) is 6.24.